The molecule has 0 spiro atoms. The zero-order valence-corrected chi connectivity index (χ0v) is 10.5. The number of aromatic amines is 1. The fourth-order valence-electron chi connectivity index (χ4n) is 1.72. The maximum Gasteiger partial charge on any atom is 0.260 e. The van der Waals surface area contributed by atoms with Crippen LogP contribution in [0.1, 0.15) is 29.4 Å². The highest BCUT2D eigenvalue weighted by Crippen LogP contribution is 2.28. The average Bonchev–Trinajstić information content (AvgIpc) is 2.80. The van der Waals surface area contributed by atoms with E-state index in [-0.39, 0.29) is 11.3 Å². The van der Waals surface area contributed by atoms with Crippen LogP contribution in [0.3, 0.4) is 0 Å². The maximum absolute atomic E-state index is 11.9. The Morgan fingerprint density at radius 3 is 2.95 bits per heavy atom. The van der Waals surface area contributed by atoms with Crippen LogP contribution in [0.4, 0.5) is 5.82 Å². The highest BCUT2D eigenvalue weighted by Gasteiger charge is 2.15. The van der Waals surface area contributed by atoms with Crippen molar-refractivity contribution < 1.29 is 15.0 Å². The van der Waals surface area contributed by atoms with E-state index in [2.05, 4.69) is 15.5 Å². The second kappa shape index (κ2) is 5.43. The fourth-order valence-corrected chi connectivity index (χ4v) is 1.72. The molecule has 0 aliphatic rings. The van der Waals surface area contributed by atoms with Crippen LogP contribution >= 0.6 is 0 Å². The molecule has 1 amide bonds. The van der Waals surface area contributed by atoms with Crippen molar-refractivity contribution in [3.05, 3.63) is 35.5 Å². The summed E-state index contributed by atoms with van der Waals surface area (Å²) in [6, 6.07) is 5.95. The van der Waals surface area contributed by atoms with E-state index in [9.17, 15) is 15.0 Å². The SMILES string of the molecule is CCCc1cc(NC(=O)c2cccc(O)c2O)n[nH]1. The predicted octanol–water partition coefficient (Wildman–Crippen LogP) is 2.03. The number of para-hydroxylation sites is 1. The first-order valence-electron chi connectivity index (χ1n) is 5.98. The lowest BCUT2D eigenvalue weighted by Crippen LogP contribution is -2.12. The molecule has 1 heterocycles. The minimum absolute atomic E-state index is 0.0000384. The number of rotatable bonds is 4. The summed E-state index contributed by atoms with van der Waals surface area (Å²) in [5.74, 6) is -0.912. The van der Waals surface area contributed by atoms with Crippen molar-refractivity contribution in [1.29, 1.82) is 0 Å². The number of amides is 1. The van der Waals surface area contributed by atoms with E-state index in [4.69, 9.17) is 0 Å². The summed E-state index contributed by atoms with van der Waals surface area (Å²) in [5, 5.41) is 28.3. The van der Waals surface area contributed by atoms with Gasteiger partial charge in [-0.25, -0.2) is 0 Å². The Hall–Kier alpha value is -2.50. The molecular formula is C13H15N3O3. The predicted molar refractivity (Wildman–Crippen MR) is 70.3 cm³/mol. The van der Waals surface area contributed by atoms with Gasteiger partial charge in [0.1, 0.15) is 0 Å². The molecule has 100 valence electrons. The molecule has 4 N–H and O–H groups in total. The van der Waals surface area contributed by atoms with Gasteiger partial charge >= 0.3 is 0 Å². The average molecular weight is 261 g/mol. The number of hydrogen-bond donors (Lipinski definition) is 4. The normalized spacial score (nSPS) is 10.4. The van der Waals surface area contributed by atoms with Crippen LogP contribution < -0.4 is 5.32 Å². The van der Waals surface area contributed by atoms with Crippen LogP contribution in [0.25, 0.3) is 0 Å². The van der Waals surface area contributed by atoms with Gasteiger partial charge in [0, 0.05) is 11.8 Å². The van der Waals surface area contributed by atoms with E-state index in [1.165, 1.54) is 18.2 Å². The van der Waals surface area contributed by atoms with Crippen LogP contribution in [0.5, 0.6) is 11.5 Å². The molecular weight excluding hydrogens is 246 g/mol. The van der Waals surface area contributed by atoms with E-state index in [0.29, 0.717) is 5.82 Å². The van der Waals surface area contributed by atoms with Gasteiger partial charge in [0.25, 0.3) is 5.91 Å². The number of anilines is 1. The van der Waals surface area contributed by atoms with Crippen LogP contribution in [0.2, 0.25) is 0 Å². The lowest BCUT2D eigenvalue weighted by molar-refractivity contribution is 0.102. The number of benzene rings is 1. The van der Waals surface area contributed by atoms with Crippen LogP contribution in [-0.2, 0) is 6.42 Å². The fraction of sp³-hybridized carbons (Fsp3) is 0.231. The number of carbonyl (C=O) groups excluding carboxylic acids is 1. The van der Waals surface area contributed by atoms with Crippen LogP contribution in [-0.4, -0.2) is 26.3 Å². The summed E-state index contributed by atoms with van der Waals surface area (Å²) in [7, 11) is 0. The molecule has 0 unspecified atom stereocenters. The summed E-state index contributed by atoms with van der Waals surface area (Å²) >= 11 is 0. The van der Waals surface area contributed by atoms with Crippen molar-refractivity contribution in [3.63, 3.8) is 0 Å². The second-order valence-corrected chi connectivity index (χ2v) is 4.16. The summed E-state index contributed by atoms with van der Waals surface area (Å²) < 4.78 is 0. The Morgan fingerprint density at radius 1 is 1.42 bits per heavy atom. The third kappa shape index (κ3) is 2.85. The van der Waals surface area contributed by atoms with E-state index in [1.54, 1.807) is 6.07 Å². The lowest BCUT2D eigenvalue weighted by atomic mass is 10.1. The van der Waals surface area contributed by atoms with Gasteiger partial charge in [0.2, 0.25) is 0 Å². The number of phenols is 2. The van der Waals surface area contributed by atoms with E-state index < -0.39 is 11.7 Å². The molecule has 1 aromatic heterocycles. The molecule has 0 fully saturated rings. The smallest absolute Gasteiger partial charge is 0.260 e. The summed E-state index contributed by atoms with van der Waals surface area (Å²) in [5.41, 5.74) is 0.929. The van der Waals surface area contributed by atoms with Gasteiger partial charge in [0.15, 0.2) is 17.3 Å². The van der Waals surface area contributed by atoms with Gasteiger partial charge < -0.3 is 15.5 Å². The van der Waals surface area contributed by atoms with Crippen LogP contribution in [0, 0.1) is 0 Å². The van der Waals surface area contributed by atoms with Gasteiger partial charge in [-0.3, -0.25) is 9.89 Å². The topological polar surface area (TPSA) is 98.2 Å². The Morgan fingerprint density at radius 2 is 2.21 bits per heavy atom. The quantitative estimate of drug-likeness (QED) is 0.633. The number of aromatic nitrogens is 2. The Balaban J connectivity index is 2.14. The zero-order valence-electron chi connectivity index (χ0n) is 10.5. The number of aromatic hydroxyl groups is 2. The van der Waals surface area contributed by atoms with Crippen molar-refractivity contribution in [2.45, 2.75) is 19.8 Å². The maximum atomic E-state index is 11.9. The molecule has 19 heavy (non-hydrogen) atoms. The van der Waals surface area contributed by atoms with Gasteiger partial charge in [-0.05, 0) is 18.6 Å². The highest BCUT2D eigenvalue weighted by molar-refractivity contribution is 6.06. The van der Waals surface area contributed by atoms with Crippen molar-refractivity contribution in [2.24, 2.45) is 0 Å². The number of H-pyrrole nitrogens is 1. The first kappa shape index (κ1) is 12.9. The molecule has 0 aliphatic heterocycles. The Bertz CT molecular complexity index is 593. The van der Waals surface area contributed by atoms with Crippen molar-refractivity contribution in [2.75, 3.05) is 5.32 Å². The first-order valence-corrected chi connectivity index (χ1v) is 5.98. The van der Waals surface area contributed by atoms with Crippen molar-refractivity contribution in [3.8, 4) is 11.5 Å². The van der Waals surface area contributed by atoms with Gasteiger partial charge in [-0.15, -0.1) is 0 Å². The number of hydrogen-bond acceptors (Lipinski definition) is 4. The third-order valence-corrected chi connectivity index (χ3v) is 2.65. The number of carbonyl (C=O) groups is 1. The molecule has 0 bridgehead atoms. The van der Waals surface area contributed by atoms with Crippen molar-refractivity contribution >= 4 is 11.7 Å². The number of phenolic OH excluding ortho intramolecular Hbond substituents is 2. The number of aryl methyl sites for hydroxylation is 1. The number of nitrogens with one attached hydrogen (secondary N) is 2. The molecule has 0 radical (unpaired) electrons. The zero-order chi connectivity index (χ0) is 13.8. The monoisotopic (exact) mass is 261 g/mol. The molecule has 0 atom stereocenters. The first-order chi connectivity index (χ1) is 9.11. The summed E-state index contributed by atoms with van der Waals surface area (Å²) in [6.45, 7) is 2.05. The Kier molecular flexibility index (Phi) is 3.70. The minimum atomic E-state index is -0.525. The third-order valence-electron chi connectivity index (χ3n) is 2.65. The Labute approximate surface area is 110 Å². The number of nitrogens with zero attached hydrogens (tertiary/aromatic N) is 1. The van der Waals surface area contributed by atoms with E-state index in [1.807, 2.05) is 6.92 Å². The molecule has 2 aromatic rings. The van der Waals surface area contributed by atoms with E-state index >= 15 is 0 Å². The summed E-state index contributed by atoms with van der Waals surface area (Å²) in [6.07, 6.45) is 1.82. The molecule has 0 saturated carbocycles. The standard InChI is InChI=1S/C13H15N3O3/c1-2-4-8-7-11(16-15-8)14-13(19)9-5-3-6-10(17)12(9)18/h3,5-7,17-18H,2,4H2,1H3,(H2,14,15,16,19). The van der Waals surface area contributed by atoms with Gasteiger partial charge in [-0.1, -0.05) is 19.4 Å². The second-order valence-electron chi connectivity index (χ2n) is 4.16. The minimum Gasteiger partial charge on any atom is -0.504 e. The molecule has 6 heteroatoms. The van der Waals surface area contributed by atoms with Gasteiger partial charge in [0.05, 0.1) is 5.56 Å². The molecule has 0 saturated heterocycles. The molecule has 6 nitrogen and oxygen atoms in total. The summed E-state index contributed by atoms with van der Waals surface area (Å²) in [4.78, 5) is 11.9. The van der Waals surface area contributed by atoms with Crippen molar-refractivity contribution in [1.82, 2.24) is 10.2 Å². The van der Waals surface area contributed by atoms with Gasteiger partial charge in [-0.2, -0.15) is 5.10 Å². The van der Waals surface area contributed by atoms with E-state index in [0.717, 1.165) is 18.5 Å². The van der Waals surface area contributed by atoms with Crippen LogP contribution in [0.15, 0.2) is 24.3 Å². The molecule has 1 aromatic carbocycles. The molecule has 2 rings (SSSR count). The largest absolute Gasteiger partial charge is 0.504 e. The highest BCUT2D eigenvalue weighted by atomic mass is 16.3. The molecule has 0 aliphatic carbocycles. The lowest BCUT2D eigenvalue weighted by Gasteiger charge is -2.05.